The number of nitrogens with zero attached hydrogens (tertiary/aromatic N) is 2. The summed E-state index contributed by atoms with van der Waals surface area (Å²) < 4.78 is 0. The van der Waals surface area contributed by atoms with Crippen molar-refractivity contribution < 1.29 is 4.79 Å². The summed E-state index contributed by atoms with van der Waals surface area (Å²) in [5.74, 6) is 0.622. The molecule has 1 aromatic carbocycles. The van der Waals surface area contributed by atoms with Crippen molar-refractivity contribution in [2.75, 3.05) is 33.7 Å². The van der Waals surface area contributed by atoms with Crippen LogP contribution < -0.4 is 5.32 Å². The van der Waals surface area contributed by atoms with Gasteiger partial charge in [-0.3, -0.25) is 0 Å². The normalized spacial score (nSPS) is 19.5. The van der Waals surface area contributed by atoms with E-state index >= 15 is 0 Å². The van der Waals surface area contributed by atoms with Crippen molar-refractivity contribution in [1.29, 1.82) is 0 Å². The fourth-order valence-corrected chi connectivity index (χ4v) is 2.99. The van der Waals surface area contributed by atoms with Crippen LogP contribution in [0.5, 0.6) is 0 Å². The number of nitrogens with one attached hydrogen (secondary N) is 1. The second kappa shape index (κ2) is 7.63. The first-order valence-corrected chi connectivity index (χ1v) is 8.29. The average Bonchev–Trinajstić information content (AvgIpc) is 2.94. The van der Waals surface area contributed by atoms with E-state index < -0.39 is 0 Å². The van der Waals surface area contributed by atoms with Gasteiger partial charge >= 0.3 is 6.03 Å². The third-order valence-corrected chi connectivity index (χ3v) is 4.55. The minimum Gasteiger partial charge on any atom is -0.336 e. The monoisotopic (exact) mass is 303 g/mol. The third-order valence-electron chi connectivity index (χ3n) is 4.55. The van der Waals surface area contributed by atoms with Gasteiger partial charge in [-0.2, -0.15) is 0 Å². The number of carbonyl (C=O) groups excluding carboxylic acids is 1. The molecule has 4 heteroatoms. The zero-order valence-corrected chi connectivity index (χ0v) is 14.3. The van der Waals surface area contributed by atoms with Crippen LogP contribution in [0.3, 0.4) is 0 Å². The summed E-state index contributed by atoms with van der Waals surface area (Å²) in [6.07, 6.45) is 2.17. The summed E-state index contributed by atoms with van der Waals surface area (Å²) in [6.45, 7) is 6.76. The molecule has 1 aromatic rings. The number of hydrogen-bond donors (Lipinski definition) is 1. The molecule has 2 unspecified atom stereocenters. The molecule has 1 heterocycles. The van der Waals surface area contributed by atoms with Gasteiger partial charge in [0.15, 0.2) is 0 Å². The maximum Gasteiger partial charge on any atom is 0.317 e. The van der Waals surface area contributed by atoms with Crippen LogP contribution in [0.1, 0.15) is 37.4 Å². The van der Waals surface area contributed by atoms with Gasteiger partial charge in [0.25, 0.3) is 0 Å². The van der Waals surface area contributed by atoms with Crippen molar-refractivity contribution >= 4 is 6.03 Å². The second-order valence-corrected chi connectivity index (χ2v) is 6.60. The highest BCUT2D eigenvalue weighted by molar-refractivity contribution is 5.74. The van der Waals surface area contributed by atoms with Crippen LogP contribution in [0.15, 0.2) is 24.3 Å². The van der Waals surface area contributed by atoms with Crippen molar-refractivity contribution in [2.45, 2.75) is 32.7 Å². The molecule has 0 saturated carbocycles. The quantitative estimate of drug-likeness (QED) is 0.908. The molecule has 0 aliphatic carbocycles. The maximum atomic E-state index is 12.2. The molecule has 0 aromatic heterocycles. The van der Waals surface area contributed by atoms with Gasteiger partial charge in [0.05, 0.1) is 6.04 Å². The molecule has 1 saturated heterocycles. The molecule has 22 heavy (non-hydrogen) atoms. The first-order valence-electron chi connectivity index (χ1n) is 8.29. The van der Waals surface area contributed by atoms with E-state index in [9.17, 15) is 4.79 Å². The minimum atomic E-state index is 0.0707. The SMILES string of the molecule is CCc1ccc(C(CNC(=O)N2CCC(C)C2)N(C)C)cc1. The van der Waals surface area contributed by atoms with Crippen LogP contribution in [-0.4, -0.2) is 49.6 Å². The first-order chi connectivity index (χ1) is 10.5. The van der Waals surface area contributed by atoms with Crippen molar-refractivity contribution in [1.82, 2.24) is 15.1 Å². The van der Waals surface area contributed by atoms with Gasteiger partial charge in [0.2, 0.25) is 0 Å². The lowest BCUT2D eigenvalue weighted by Gasteiger charge is -2.26. The second-order valence-electron chi connectivity index (χ2n) is 6.60. The Morgan fingerprint density at radius 2 is 2.05 bits per heavy atom. The van der Waals surface area contributed by atoms with Crippen LogP contribution in [0.4, 0.5) is 4.79 Å². The molecular formula is C18H29N3O. The van der Waals surface area contributed by atoms with Crippen LogP contribution in [0.25, 0.3) is 0 Å². The Morgan fingerprint density at radius 1 is 1.36 bits per heavy atom. The lowest BCUT2D eigenvalue weighted by atomic mass is 10.0. The topological polar surface area (TPSA) is 35.6 Å². The van der Waals surface area contributed by atoms with E-state index in [0.29, 0.717) is 12.5 Å². The fourth-order valence-electron chi connectivity index (χ4n) is 2.99. The lowest BCUT2D eigenvalue weighted by molar-refractivity contribution is 0.201. The van der Waals surface area contributed by atoms with Gasteiger partial charge in [-0.1, -0.05) is 38.1 Å². The van der Waals surface area contributed by atoms with Crippen LogP contribution in [-0.2, 0) is 6.42 Å². The Balaban J connectivity index is 1.95. The molecule has 122 valence electrons. The summed E-state index contributed by atoms with van der Waals surface area (Å²) >= 11 is 0. The summed E-state index contributed by atoms with van der Waals surface area (Å²) in [4.78, 5) is 16.3. The third kappa shape index (κ3) is 4.23. The van der Waals surface area contributed by atoms with Gasteiger partial charge in [0.1, 0.15) is 0 Å². The number of rotatable bonds is 5. The zero-order chi connectivity index (χ0) is 16.1. The standard InChI is InChI=1S/C18H29N3O/c1-5-15-6-8-16(9-7-15)17(20(3)4)12-19-18(22)21-11-10-14(2)13-21/h6-9,14,17H,5,10-13H2,1-4H3,(H,19,22). The van der Waals surface area contributed by atoms with Gasteiger partial charge in [-0.15, -0.1) is 0 Å². The summed E-state index contributed by atoms with van der Waals surface area (Å²) in [6, 6.07) is 8.98. The molecule has 2 amide bonds. The molecule has 2 atom stereocenters. The van der Waals surface area contributed by atoms with E-state index in [-0.39, 0.29) is 12.1 Å². The number of aryl methyl sites for hydroxylation is 1. The van der Waals surface area contributed by atoms with Crippen LogP contribution in [0, 0.1) is 5.92 Å². The smallest absolute Gasteiger partial charge is 0.317 e. The molecule has 2 rings (SSSR count). The van der Waals surface area contributed by atoms with E-state index in [4.69, 9.17) is 0 Å². The Kier molecular flexibility index (Phi) is 5.83. The van der Waals surface area contributed by atoms with Gasteiger partial charge in [0, 0.05) is 19.6 Å². The predicted molar refractivity (Wildman–Crippen MR) is 91.0 cm³/mol. The highest BCUT2D eigenvalue weighted by Crippen LogP contribution is 2.19. The maximum absolute atomic E-state index is 12.2. The lowest BCUT2D eigenvalue weighted by Crippen LogP contribution is -2.42. The summed E-state index contributed by atoms with van der Waals surface area (Å²) in [5, 5.41) is 3.10. The number of carbonyl (C=O) groups is 1. The minimum absolute atomic E-state index is 0.0707. The van der Waals surface area contributed by atoms with Crippen molar-refractivity contribution in [3.05, 3.63) is 35.4 Å². The van der Waals surface area contributed by atoms with E-state index in [1.54, 1.807) is 0 Å². The number of amides is 2. The molecular weight excluding hydrogens is 274 g/mol. The molecule has 0 bridgehead atoms. The molecule has 4 nitrogen and oxygen atoms in total. The Morgan fingerprint density at radius 3 is 2.55 bits per heavy atom. The van der Waals surface area contributed by atoms with Gasteiger partial charge < -0.3 is 15.1 Å². The van der Waals surface area contributed by atoms with Crippen molar-refractivity contribution in [3.8, 4) is 0 Å². The summed E-state index contributed by atoms with van der Waals surface area (Å²) in [5.41, 5.74) is 2.59. The highest BCUT2D eigenvalue weighted by Gasteiger charge is 2.24. The number of likely N-dealkylation sites (N-methyl/N-ethyl adjacent to an activating group) is 1. The Labute approximate surface area is 134 Å². The number of urea groups is 1. The molecule has 1 N–H and O–H groups in total. The highest BCUT2D eigenvalue weighted by atomic mass is 16.2. The molecule has 1 aliphatic heterocycles. The fraction of sp³-hybridized carbons (Fsp3) is 0.611. The molecule has 1 fully saturated rings. The number of hydrogen-bond acceptors (Lipinski definition) is 2. The van der Waals surface area contributed by atoms with E-state index in [1.165, 1.54) is 11.1 Å². The van der Waals surface area contributed by atoms with Crippen LogP contribution >= 0.6 is 0 Å². The van der Waals surface area contributed by atoms with Gasteiger partial charge in [-0.25, -0.2) is 4.79 Å². The Bertz CT molecular complexity index is 484. The number of likely N-dealkylation sites (tertiary alicyclic amines) is 1. The van der Waals surface area contributed by atoms with Crippen LogP contribution in [0.2, 0.25) is 0 Å². The molecule has 1 aliphatic rings. The first kappa shape index (κ1) is 16.8. The number of benzene rings is 1. The van der Waals surface area contributed by atoms with E-state index in [1.807, 2.05) is 4.90 Å². The van der Waals surface area contributed by atoms with Crippen molar-refractivity contribution in [2.24, 2.45) is 5.92 Å². The largest absolute Gasteiger partial charge is 0.336 e. The average molecular weight is 303 g/mol. The molecule has 0 radical (unpaired) electrons. The van der Waals surface area contributed by atoms with E-state index in [0.717, 1.165) is 25.9 Å². The van der Waals surface area contributed by atoms with Crippen molar-refractivity contribution in [3.63, 3.8) is 0 Å². The summed E-state index contributed by atoms with van der Waals surface area (Å²) in [7, 11) is 4.12. The predicted octanol–water partition coefficient (Wildman–Crippen LogP) is 2.90. The Hall–Kier alpha value is -1.55. The molecule has 0 spiro atoms. The van der Waals surface area contributed by atoms with Gasteiger partial charge in [-0.05, 0) is 44.0 Å². The van der Waals surface area contributed by atoms with E-state index in [2.05, 4.69) is 62.4 Å². The zero-order valence-electron chi connectivity index (χ0n) is 14.3.